The molecule has 1 amide bonds. The molecule has 0 aliphatic rings. The topological polar surface area (TPSA) is 104 Å². The molecular weight excluding hydrogens is 353 g/mol. The van der Waals surface area contributed by atoms with Gasteiger partial charge in [-0.3, -0.25) is 9.59 Å². The van der Waals surface area contributed by atoms with E-state index in [0.29, 0.717) is 9.13 Å². The van der Waals surface area contributed by atoms with Crippen LogP contribution in [0.1, 0.15) is 16.8 Å². The van der Waals surface area contributed by atoms with Crippen LogP contribution < -0.4 is 5.32 Å². The lowest BCUT2D eigenvalue weighted by Gasteiger charge is -2.13. The van der Waals surface area contributed by atoms with E-state index in [1.54, 1.807) is 18.2 Å². The van der Waals surface area contributed by atoms with Gasteiger partial charge in [0.15, 0.2) is 0 Å². The highest BCUT2D eigenvalue weighted by Crippen LogP contribution is 2.11. The van der Waals surface area contributed by atoms with E-state index in [-0.39, 0.29) is 0 Å². The van der Waals surface area contributed by atoms with Crippen LogP contribution in [-0.4, -0.2) is 34.1 Å². The van der Waals surface area contributed by atoms with Crippen LogP contribution in [0.4, 0.5) is 0 Å². The van der Waals surface area contributed by atoms with Gasteiger partial charge < -0.3 is 15.5 Å². The Kier molecular flexibility index (Phi) is 5.08. The Morgan fingerprint density at radius 3 is 2.33 bits per heavy atom. The Bertz CT molecular complexity index is 488. The van der Waals surface area contributed by atoms with Crippen LogP contribution in [-0.2, 0) is 9.59 Å². The number of hydrogen-bond donors (Lipinski definition) is 3. The summed E-state index contributed by atoms with van der Waals surface area (Å²) in [5.74, 6) is -3.27. The summed E-state index contributed by atoms with van der Waals surface area (Å²) in [6.07, 6.45) is -0.662. The zero-order chi connectivity index (χ0) is 13.7. The van der Waals surface area contributed by atoms with E-state index in [4.69, 9.17) is 10.2 Å². The highest BCUT2D eigenvalue weighted by Gasteiger charge is 2.24. The second-order valence-corrected chi connectivity index (χ2v) is 4.60. The summed E-state index contributed by atoms with van der Waals surface area (Å²) in [5, 5.41) is 19.5. The SMILES string of the molecule is O=C(O)CC(NC(=O)c1ccccc1I)C(=O)O. The summed E-state index contributed by atoms with van der Waals surface area (Å²) in [6, 6.07) is 5.18. The van der Waals surface area contributed by atoms with Crippen LogP contribution in [0, 0.1) is 3.57 Å². The van der Waals surface area contributed by atoms with Crippen molar-refractivity contribution in [3.05, 3.63) is 33.4 Å². The predicted molar refractivity (Wildman–Crippen MR) is 70.3 cm³/mol. The lowest BCUT2D eigenvalue weighted by Crippen LogP contribution is -2.42. The first kappa shape index (κ1) is 14.4. The van der Waals surface area contributed by atoms with Crippen molar-refractivity contribution in [3.8, 4) is 0 Å². The molecule has 0 fully saturated rings. The molecule has 0 aliphatic heterocycles. The molecule has 1 aromatic carbocycles. The summed E-state index contributed by atoms with van der Waals surface area (Å²) >= 11 is 1.94. The molecule has 0 saturated heterocycles. The molecule has 1 aromatic rings. The summed E-state index contributed by atoms with van der Waals surface area (Å²) < 4.78 is 0.659. The second kappa shape index (κ2) is 6.34. The number of carboxylic acid groups (broad SMARTS) is 2. The molecule has 1 atom stereocenters. The van der Waals surface area contributed by atoms with Crippen molar-refractivity contribution in [2.45, 2.75) is 12.5 Å². The molecule has 1 rings (SSSR count). The van der Waals surface area contributed by atoms with Crippen LogP contribution in [0.3, 0.4) is 0 Å². The number of aliphatic carboxylic acids is 2. The van der Waals surface area contributed by atoms with Gasteiger partial charge in [-0.2, -0.15) is 0 Å². The molecule has 18 heavy (non-hydrogen) atoms. The number of carboxylic acids is 2. The fourth-order valence-electron chi connectivity index (χ4n) is 1.26. The number of amides is 1. The normalized spacial score (nSPS) is 11.6. The Morgan fingerprint density at radius 1 is 1.22 bits per heavy atom. The second-order valence-electron chi connectivity index (χ2n) is 3.44. The molecule has 1 unspecified atom stereocenters. The van der Waals surface area contributed by atoms with Gasteiger partial charge in [-0.15, -0.1) is 0 Å². The number of halogens is 1. The van der Waals surface area contributed by atoms with Crippen molar-refractivity contribution in [2.75, 3.05) is 0 Å². The summed E-state index contributed by atoms with van der Waals surface area (Å²) in [4.78, 5) is 33.1. The molecule has 0 radical (unpaired) electrons. The standard InChI is InChI=1S/C11H10INO5/c12-7-4-2-1-3-6(7)10(16)13-8(11(17)18)5-9(14)15/h1-4,8H,5H2,(H,13,16)(H,14,15)(H,17,18). The molecule has 6 nitrogen and oxygen atoms in total. The van der Waals surface area contributed by atoms with E-state index in [2.05, 4.69) is 5.32 Å². The first-order chi connectivity index (χ1) is 8.41. The number of nitrogens with one attached hydrogen (secondary N) is 1. The van der Waals surface area contributed by atoms with Gasteiger partial charge >= 0.3 is 11.9 Å². The van der Waals surface area contributed by atoms with Crippen LogP contribution in [0.25, 0.3) is 0 Å². The number of rotatable bonds is 5. The predicted octanol–water partition coefficient (Wildman–Crippen LogP) is 0.949. The minimum absolute atomic E-state index is 0.315. The van der Waals surface area contributed by atoms with Gasteiger partial charge in [0.25, 0.3) is 5.91 Å². The first-order valence-corrected chi connectivity index (χ1v) is 5.99. The number of hydrogen-bond acceptors (Lipinski definition) is 3. The lowest BCUT2D eigenvalue weighted by atomic mass is 10.1. The Morgan fingerprint density at radius 2 is 1.83 bits per heavy atom. The average Bonchev–Trinajstić information content (AvgIpc) is 2.27. The van der Waals surface area contributed by atoms with Crippen molar-refractivity contribution in [2.24, 2.45) is 0 Å². The van der Waals surface area contributed by atoms with E-state index < -0.39 is 30.3 Å². The molecular formula is C11H10INO5. The first-order valence-electron chi connectivity index (χ1n) is 4.92. The third kappa shape index (κ3) is 3.99. The molecule has 7 heteroatoms. The maximum Gasteiger partial charge on any atom is 0.326 e. The van der Waals surface area contributed by atoms with Gasteiger partial charge in [-0.25, -0.2) is 4.79 Å². The summed E-state index contributed by atoms with van der Waals surface area (Å²) in [7, 11) is 0. The zero-order valence-corrected chi connectivity index (χ0v) is 11.2. The van der Waals surface area contributed by atoms with Crippen molar-refractivity contribution < 1.29 is 24.6 Å². The van der Waals surface area contributed by atoms with Crippen molar-refractivity contribution in [1.82, 2.24) is 5.32 Å². The Labute approximate surface area is 116 Å². The maximum absolute atomic E-state index is 11.8. The molecule has 0 bridgehead atoms. The Hall–Kier alpha value is -1.64. The van der Waals surface area contributed by atoms with Gasteiger partial charge in [0, 0.05) is 3.57 Å². The largest absolute Gasteiger partial charge is 0.481 e. The molecule has 0 spiro atoms. The average molecular weight is 363 g/mol. The third-order valence-corrected chi connectivity index (χ3v) is 3.04. The van der Waals surface area contributed by atoms with Crippen molar-refractivity contribution >= 4 is 40.4 Å². The fourth-order valence-corrected chi connectivity index (χ4v) is 1.89. The van der Waals surface area contributed by atoms with E-state index >= 15 is 0 Å². The van der Waals surface area contributed by atoms with Gasteiger partial charge in [0.05, 0.1) is 12.0 Å². The molecule has 0 heterocycles. The Balaban J connectivity index is 2.82. The molecule has 0 aromatic heterocycles. The monoisotopic (exact) mass is 363 g/mol. The van der Waals surface area contributed by atoms with Gasteiger partial charge in [-0.1, -0.05) is 12.1 Å². The van der Waals surface area contributed by atoms with Crippen LogP contribution >= 0.6 is 22.6 Å². The van der Waals surface area contributed by atoms with E-state index in [1.807, 2.05) is 22.6 Å². The van der Waals surface area contributed by atoms with E-state index in [1.165, 1.54) is 6.07 Å². The zero-order valence-electron chi connectivity index (χ0n) is 9.09. The summed E-state index contributed by atoms with van der Waals surface area (Å²) in [5.41, 5.74) is 0.315. The van der Waals surface area contributed by atoms with Crippen LogP contribution in [0.15, 0.2) is 24.3 Å². The number of carbonyl (C=O) groups excluding carboxylic acids is 1. The molecule has 0 saturated carbocycles. The summed E-state index contributed by atoms with van der Waals surface area (Å²) in [6.45, 7) is 0. The van der Waals surface area contributed by atoms with Gasteiger partial charge in [0.2, 0.25) is 0 Å². The highest BCUT2D eigenvalue weighted by molar-refractivity contribution is 14.1. The minimum Gasteiger partial charge on any atom is -0.481 e. The third-order valence-electron chi connectivity index (χ3n) is 2.10. The smallest absolute Gasteiger partial charge is 0.326 e. The van der Waals surface area contributed by atoms with Crippen molar-refractivity contribution in [3.63, 3.8) is 0 Å². The van der Waals surface area contributed by atoms with E-state index in [9.17, 15) is 14.4 Å². The van der Waals surface area contributed by atoms with E-state index in [0.717, 1.165) is 0 Å². The maximum atomic E-state index is 11.8. The van der Waals surface area contributed by atoms with Gasteiger partial charge in [-0.05, 0) is 34.7 Å². The lowest BCUT2D eigenvalue weighted by molar-refractivity contribution is -0.145. The quantitative estimate of drug-likeness (QED) is 0.676. The van der Waals surface area contributed by atoms with Gasteiger partial charge in [0.1, 0.15) is 6.04 Å². The van der Waals surface area contributed by atoms with Crippen molar-refractivity contribution in [1.29, 1.82) is 0 Å². The molecule has 96 valence electrons. The number of benzene rings is 1. The minimum atomic E-state index is -1.44. The highest BCUT2D eigenvalue weighted by atomic mass is 127. The van der Waals surface area contributed by atoms with Crippen LogP contribution in [0.2, 0.25) is 0 Å². The van der Waals surface area contributed by atoms with Crippen LogP contribution in [0.5, 0.6) is 0 Å². The molecule has 0 aliphatic carbocycles. The fraction of sp³-hybridized carbons (Fsp3) is 0.182. The molecule has 3 N–H and O–H groups in total. The number of carbonyl (C=O) groups is 3.